The first kappa shape index (κ1) is 11.0. The smallest absolute Gasteiger partial charge is 0.313 e. The Hall–Kier alpha value is -1.03. The molecule has 1 rings (SSSR count). The second-order valence-electron chi connectivity index (χ2n) is 2.89. The molecule has 0 fully saturated rings. The van der Waals surface area contributed by atoms with Crippen molar-refractivity contribution in [3.8, 4) is 0 Å². The van der Waals surface area contributed by atoms with Crippen molar-refractivity contribution in [1.82, 2.24) is 4.98 Å². The van der Waals surface area contributed by atoms with Gasteiger partial charge >= 0.3 is 5.97 Å². The second-order valence-corrected chi connectivity index (χ2v) is 4.08. The van der Waals surface area contributed by atoms with Crippen LogP contribution in [0.15, 0.2) is 24.5 Å². The Bertz CT molecular complexity index is 289. The third-order valence-electron chi connectivity index (χ3n) is 1.83. The number of carboxylic acids is 1. The Labute approximate surface area is 87.6 Å². The van der Waals surface area contributed by atoms with Gasteiger partial charge in [0.15, 0.2) is 0 Å². The predicted molar refractivity (Wildman–Crippen MR) is 57.4 cm³/mol. The van der Waals surface area contributed by atoms with Gasteiger partial charge in [0.1, 0.15) is 0 Å². The first-order valence-corrected chi connectivity index (χ1v) is 5.52. The molecule has 4 heteroatoms. The Kier molecular flexibility index (Phi) is 4.46. The van der Waals surface area contributed by atoms with Crippen LogP contribution in [0.3, 0.4) is 0 Å². The largest absolute Gasteiger partial charge is 0.481 e. The molecule has 0 saturated heterocycles. The van der Waals surface area contributed by atoms with Crippen LogP contribution in [-0.2, 0) is 4.79 Å². The number of aromatic nitrogens is 1. The van der Waals surface area contributed by atoms with Crippen LogP contribution in [0.25, 0.3) is 0 Å². The summed E-state index contributed by atoms with van der Waals surface area (Å²) in [5.74, 6) is -0.620. The topological polar surface area (TPSA) is 50.2 Å². The van der Waals surface area contributed by atoms with Gasteiger partial charge in [-0.2, -0.15) is 0 Å². The molecule has 0 aliphatic rings. The molecule has 1 atom stereocenters. The minimum absolute atomic E-state index is 0.146. The summed E-state index contributed by atoms with van der Waals surface area (Å²) in [6, 6.07) is 3.86. The molecule has 76 valence electrons. The number of hydrogen-bond donors (Lipinski definition) is 1. The van der Waals surface area contributed by atoms with Gasteiger partial charge in [-0.1, -0.05) is 13.0 Å². The van der Waals surface area contributed by atoms with E-state index in [2.05, 4.69) is 4.98 Å². The van der Waals surface area contributed by atoms with Gasteiger partial charge in [0, 0.05) is 17.6 Å². The molecule has 0 amide bonds. The second kappa shape index (κ2) is 5.65. The highest BCUT2D eigenvalue weighted by molar-refractivity contribution is 8.00. The fraction of sp³-hybridized carbons (Fsp3) is 0.400. The van der Waals surface area contributed by atoms with Crippen LogP contribution in [0.5, 0.6) is 0 Å². The minimum atomic E-state index is -0.766. The standard InChI is InChI=1S/C10H13NO2S/c1-2-9(14-7-10(12)13)8-4-3-5-11-6-8/h3-6,9H,2,7H2,1H3,(H,12,13). The molecule has 1 aromatic rings. The predicted octanol–water partition coefficient (Wildman–Crippen LogP) is 2.35. The summed E-state index contributed by atoms with van der Waals surface area (Å²) >= 11 is 1.44. The Morgan fingerprint density at radius 3 is 3.00 bits per heavy atom. The Morgan fingerprint density at radius 2 is 2.50 bits per heavy atom. The van der Waals surface area contributed by atoms with Crippen molar-refractivity contribution in [1.29, 1.82) is 0 Å². The van der Waals surface area contributed by atoms with E-state index < -0.39 is 5.97 Å². The maximum atomic E-state index is 10.4. The number of carbonyl (C=O) groups is 1. The van der Waals surface area contributed by atoms with Crippen molar-refractivity contribution in [3.05, 3.63) is 30.1 Å². The number of thioether (sulfide) groups is 1. The number of aliphatic carboxylic acids is 1. The van der Waals surface area contributed by atoms with E-state index in [1.165, 1.54) is 11.8 Å². The number of pyridine rings is 1. The molecule has 0 aromatic carbocycles. The number of rotatable bonds is 5. The van der Waals surface area contributed by atoms with Gasteiger partial charge in [-0.05, 0) is 18.1 Å². The highest BCUT2D eigenvalue weighted by Gasteiger charge is 2.11. The summed E-state index contributed by atoms with van der Waals surface area (Å²) < 4.78 is 0. The van der Waals surface area contributed by atoms with Crippen molar-refractivity contribution < 1.29 is 9.90 Å². The monoisotopic (exact) mass is 211 g/mol. The van der Waals surface area contributed by atoms with E-state index in [1.54, 1.807) is 12.4 Å². The molecule has 1 unspecified atom stereocenters. The summed E-state index contributed by atoms with van der Waals surface area (Å²) in [4.78, 5) is 14.4. The van der Waals surface area contributed by atoms with Crippen LogP contribution < -0.4 is 0 Å². The number of hydrogen-bond acceptors (Lipinski definition) is 3. The van der Waals surface area contributed by atoms with E-state index in [0.29, 0.717) is 0 Å². The molecule has 0 spiro atoms. The normalized spacial score (nSPS) is 12.4. The van der Waals surface area contributed by atoms with Crippen molar-refractivity contribution in [2.24, 2.45) is 0 Å². The fourth-order valence-electron chi connectivity index (χ4n) is 1.19. The van der Waals surface area contributed by atoms with Crippen LogP contribution in [0.2, 0.25) is 0 Å². The maximum Gasteiger partial charge on any atom is 0.313 e. The quantitative estimate of drug-likeness (QED) is 0.812. The number of nitrogens with zero attached hydrogens (tertiary/aromatic N) is 1. The molecule has 1 aromatic heterocycles. The SMILES string of the molecule is CCC(SCC(=O)O)c1cccnc1. The van der Waals surface area contributed by atoms with Gasteiger partial charge in [-0.15, -0.1) is 11.8 Å². The van der Waals surface area contributed by atoms with Gasteiger partial charge < -0.3 is 5.11 Å². The third-order valence-corrected chi connectivity index (χ3v) is 3.26. The van der Waals surface area contributed by atoms with E-state index >= 15 is 0 Å². The molecule has 0 aliphatic carbocycles. The average molecular weight is 211 g/mol. The third kappa shape index (κ3) is 3.38. The lowest BCUT2D eigenvalue weighted by molar-refractivity contribution is -0.133. The van der Waals surface area contributed by atoms with Gasteiger partial charge in [0.05, 0.1) is 5.75 Å². The summed E-state index contributed by atoms with van der Waals surface area (Å²) in [7, 11) is 0. The number of carboxylic acid groups (broad SMARTS) is 1. The summed E-state index contributed by atoms with van der Waals surface area (Å²) in [5, 5.41) is 8.80. The van der Waals surface area contributed by atoms with E-state index in [9.17, 15) is 4.79 Å². The molecular weight excluding hydrogens is 198 g/mol. The molecule has 3 nitrogen and oxygen atoms in total. The van der Waals surface area contributed by atoms with E-state index in [-0.39, 0.29) is 11.0 Å². The van der Waals surface area contributed by atoms with Crippen molar-refractivity contribution in [2.75, 3.05) is 5.75 Å². The first-order chi connectivity index (χ1) is 6.74. The van der Waals surface area contributed by atoms with Crippen molar-refractivity contribution >= 4 is 17.7 Å². The van der Waals surface area contributed by atoms with Crippen LogP contribution in [0.4, 0.5) is 0 Å². The van der Waals surface area contributed by atoms with E-state index in [0.717, 1.165) is 12.0 Å². The van der Waals surface area contributed by atoms with Gasteiger partial charge in [-0.3, -0.25) is 9.78 Å². The molecule has 14 heavy (non-hydrogen) atoms. The van der Waals surface area contributed by atoms with Gasteiger partial charge in [-0.25, -0.2) is 0 Å². The lowest BCUT2D eigenvalue weighted by atomic mass is 10.2. The van der Waals surface area contributed by atoms with Crippen molar-refractivity contribution in [3.63, 3.8) is 0 Å². The zero-order valence-corrected chi connectivity index (χ0v) is 8.83. The molecule has 0 aliphatic heterocycles. The van der Waals surface area contributed by atoms with Crippen LogP contribution in [0.1, 0.15) is 24.2 Å². The maximum absolute atomic E-state index is 10.4. The summed E-state index contributed by atoms with van der Waals surface area (Å²) in [5.41, 5.74) is 1.10. The van der Waals surface area contributed by atoms with Crippen molar-refractivity contribution in [2.45, 2.75) is 18.6 Å². The highest BCUT2D eigenvalue weighted by atomic mass is 32.2. The summed E-state index contributed by atoms with van der Waals surface area (Å²) in [6.07, 6.45) is 4.44. The minimum Gasteiger partial charge on any atom is -0.481 e. The molecule has 0 bridgehead atoms. The Morgan fingerprint density at radius 1 is 1.71 bits per heavy atom. The molecule has 0 radical (unpaired) electrons. The van der Waals surface area contributed by atoms with Gasteiger partial charge in [0.2, 0.25) is 0 Å². The first-order valence-electron chi connectivity index (χ1n) is 4.47. The average Bonchev–Trinajstić information content (AvgIpc) is 2.20. The van der Waals surface area contributed by atoms with Crippen LogP contribution >= 0.6 is 11.8 Å². The molecule has 0 saturated carbocycles. The Balaban J connectivity index is 2.58. The van der Waals surface area contributed by atoms with Crippen LogP contribution in [0, 0.1) is 0 Å². The molecule has 1 heterocycles. The lowest BCUT2D eigenvalue weighted by Crippen LogP contribution is -2.02. The molecule has 1 N–H and O–H groups in total. The summed E-state index contributed by atoms with van der Waals surface area (Å²) in [6.45, 7) is 2.05. The zero-order valence-electron chi connectivity index (χ0n) is 8.01. The zero-order chi connectivity index (χ0) is 10.4. The van der Waals surface area contributed by atoms with E-state index in [1.807, 2.05) is 19.1 Å². The van der Waals surface area contributed by atoms with E-state index in [4.69, 9.17) is 5.11 Å². The lowest BCUT2D eigenvalue weighted by Gasteiger charge is -2.12. The fourth-order valence-corrected chi connectivity index (χ4v) is 2.10. The van der Waals surface area contributed by atoms with Crippen LogP contribution in [-0.4, -0.2) is 21.8 Å². The highest BCUT2D eigenvalue weighted by Crippen LogP contribution is 2.30. The van der Waals surface area contributed by atoms with Gasteiger partial charge in [0.25, 0.3) is 0 Å². The molecular formula is C10H13NO2S.